The Balaban J connectivity index is 1.83. The number of nitrogens with one attached hydrogen (secondary N) is 2. The fourth-order valence-corrected chi connectivity index (χ4v) is 2.58. The first kappa shape index (κ1) is 18.3. The van der Waals surface area contributed by atoms with Gasteiger partial charge in [0.2, 0.25) is 5.95 Å². The van der Waals surface area contributed by atoms with E-state index in [2.05, 4.69) is 20.6 Å². The highest BCUT2D eigenvalue weighted by Gasteiger charge is 2.08. The molecule has 2 N–H and O–H groups in total. The second-order valence-corrected chi connectivity index (χ2v) is 5.77. The van der Waals surface area contributed by atoms with Gasteiger partial charge in [-0.15, -0.1) is 0 Å². The summed E-state index contributed by atoms with van der Waals surface area (Å²) in [5.74, 6) is 3.22. The molecule has 7 nitrogen and oxygen atoms in total. The number of nitrogens with zero attached hydrogens (tertiary/aromatic N) is 2. The summed E-state index contributed by atoms with van der Waals surface area (Å²) in [7, 11) is 4.84. The Morgan fingerprint density at radius 3 is 2.26 bits per heavy atom. The molecule has 0 fully saturated rings. The molecule has 3 aromatic rings. The van der Waals surface area contributed by atoms with Crippen LogP contribution in [0.5, 0.6) is 17.2 Å². The van der Waals surface area contributed by atoms with Crippen molar-refractivity contribution in [1.29, 1.82) is 0 Å². The first-order valence-electron chi connectivity index (χ1n) is 8.37. The van der Waals surface area contributed by atoms with E-state index in [1.54, 1.807) is 21.3 Å². The average Bonchev–Trinajstić information content (AvgIpc) is 2.67. The maximum Gasteiger partial charge on any atom is 0.229 e. The lowest BCUT2D eigenvalue weighted by Crippen LogP contribution is -2.03. The monoisotopic (exact) mass is 366 g/mol. The molecule has 0 unspecified atom stereocenters. The number of ether oxygens (including phenoxy) is 3. The number of methoxy groups -OCH3 is 3. The van der Waals surface area contributed by atoms with Crippen LogP contribution in [-0.4, -0.2) is 31.3 Å². The van der Waals surface area contributed by atoms with Gasteiger partial charge >= 0.3 is 0 Å². The van der Waals surface area contributed by atoms with Gasteiger partial charge in [-0.25, -0.2) is 4.98 Å². The highest BCUT2D eigenvalue weighted by atomic mass is 16.5. The van der Waals surface area contributed by atoms with E-state index in [1.165, 1.54) is 0 Å². The van der Waals surface area contributed by atoms with Crippen LogP contribution in [0.1, 0.15) is 5.69 Å². The lowest BCUT2D eigenvalue weighted by atomic mass is 10.2. The summed E-state index contributed by atoms with van der Waals surface area (Å²) < 4.78 is 15.8. The lowest BCUT2D eigenvalue weighted by Gasteiger charge is -2.12. The third-order valence-corrected chi connectivity index (χ3v) is 3.84. The standard InChI is InChI=1S/C20H22N4O3/c1-13-10-19(22-14-6-5-7-16(11-14)25-2)24-20(21-13)23-15-8-9-17(26-3)18(12-15)27-4/h5-12H,1-4H3,(H2,21,22,23,24). The molecule has 0 spiro atoms. The molecule has 2 aromatic carbocycles. The van der Waals surface area contributed by atoms with E-state index in [4.69, 9.17) is 14.2 Å². The average molecular weight is 366 g/mol. The third kappa shape index (κ3) is 4.58. The normalized spacial score (nSPS) is 10.2. The molecule has 0 bridgehead atoms. The van der Waals surface area contributed by atoms with Crippen LogP contribution in [0.3, 0.4) is 0 Å². The molecule has 0 radical (unpaired) electrons. The van der Waals surface area contributed by atoms with E-state index in [9.17, 15) is 0 Å². The Morgan fingerprint density at radius 1 is 0.741 bits per heavy atom. The highest BCUT2D eigenvalue weighted by Crippen LogP contribution is 2.31. The lowest BCUT2D eigenvalue weighted by molar-refractivity contribution is 0.355. The molecular formula is C20H22N4O3. The molecule has 7 heteroatoms. The van der Waals surface area contributed by atoms with E-state index >= 15 is 0 Å². The highest BCUT2D eigenvalue weighted by molar-refractivity contribution is 5.63. The molecule has 0 aliphatic rings. The first-order valence-corrected chi connectivity index (χ1v) is 8.37. The minimum absolute atomic E-state index is 0.479. The molecule has 0 atom stereocenters. The van der Waals surface area contributed by atoms with Crippen LogP contribution in [-0.2, 0) is 0 Å². The summed E-state index contributed by atoms with van der Waals surface area (Å²) in [6.45, 7) is 1.91. The maximum atomic E-state index is 5.33. The van der Waals surface area contributed by atoms with Crippen molar-refractivity contribution in [2.75, 3.05) is 32.0 Å². The third-order valence-electron chi connectivity index (χ3n) is 3.84. The number of aromatic nitrogens is 2. The summed E-state index contributed by atoms with van der Waals surface area (Å²) in [6.07, 6.45) is 0. The molecule has 1 heterocycles. The quantitative estimate of drug-likeness (QED) is 0.645. The Hall–Kier alpha value is -3.48. The molecule has 3 rings (SSSR count). The summed E-state index contributed by atoms with van der Waals surface area (Å²) >= 11 is 0. The van der Waals surface area contributed by atoms with Gasteiger partial charge < -0.3 is 24.8 Å². The Labute approximate surface area is 158 Å². The minimum atomic E-state index is 0.479. The number of rotatable bonds is 7. The molecule has 0 saturated heterocycles. The van der Waals surface area contributed by atoms with Gasteiger partial charge in [-0.05, 0) is 31.2 Å². The largest absolute Gasteiger partial charge is 0.497 e. The van der Waals surface area contributed by atoms with Gasteiger partial charge in [-0.1, -0.05) is 6.07 Å². The number of anilines is 4. The van der Waals surface area contributed by atoms with Crippen LogP contribution in [0.25, 0.3) is 0 Å². The van der Waals surface area contributed by atoms with E-state index in [0.29, 0.717) is 23.3 Å². The van der Waals surface area contributed by atoms with Crippen molar-refractivity contribution in [1.82, 2.24) is 9.97 Å². The zero-order valence-corrected chi connectivity index (χ0v) is 15.7. The van der Waals surface area contributed by atoms with Crippen LogP contribution in [0.15, 0.2) is 48.5 Å². The van der Waals surface area contributed by atoms with Crippen LogP contribution in [0, 0.1) is 6.92 Å². The molecular weight excluding hydrogens is 344 g/mol. The molecule has 1 aromatic heterocycles. The summed E-state index contributed by atoms with van der Waals surface area (Å²) in [4.78, 5) is 8.98. The van der Waals surface area contributed by atoms with Crippen LogP contribution < -0.4 is 24.8 Å². The molecule has 140 valence electrons. The zero-order valence-electron chi connectivity index (χ0n) is 15.7. The van der Waals surface area contributed by atoms with Crippen molar-refractivity contribution in [3.63, 3.8) is 0 Å². The number of benzene rings is 2. The second-order valence-electron chi connectivity index (χ2n) is 5.77. The first-order chi connectivity index (χ1) is 13.1. The fraction of sp³-hybridized carbons (Fsp3) is 0.200. The van der Waals surface area contributed by atoms with E-state index < -0.39 is 0 Å². The van der Waals surface area contributed by atoms with Gasteiger partial charge in [0, 0.05) is 35.3 Å². The molecule has 0 saturated carbocycles. The number of hydrogen-bond acceptors (Lipinski definition) is 7. The molecule has 27 heavy (non-hydrogen) atoms. The zero-order chi connectivity index (χ0) is 19.2. The maximum absolute atomic E-state index is 5.33. The van der Waals surface area contributed by atoms with Crippen molar-refractivity contribution < 1.29 is 14.2 Å². The van der Waals surface area contributed by atoms with Gasteiger partial charge in [0.15, 0.2) is 11.5 Å². The van der Waals surface area contributed by atoms with Gasteiger partial charge in [0.05, 0.1) is 21.3 Å². The fourth-order valence-electron chi connectivity index (χ4n) is 2.58. The second kappa shape index (κ2) is 8.27. The van der Waals surface area contributed by atoms with Gasteiger partial charge in [-0.3, -0.25) is 0 Å². The summed E-state index contributed by atoms with van der Waals surface area (Å²) in [5, 5.41) is 6.47. The predicted molar refractivity (Wildman–Crippen MR) is 106 cm³/mol. The van der Waals surface area contributed by atoms with Crippen LogP contribution in [0.4, 0.5) is 23.1 Å². The van der Waals surface area contributed by atoms with Crippen molar-refractivity contribution in [3.05, 3.63) is 54.2 Å². The van der Waals surface area contributed by atoms with Crippen molar-refractivity contribution >= 4 is 23.1 Å². The van der Waals surface area contributed by atoms with Crippen molar-refractivity contribution in [2.45, 2.75) is 6.92 Å². The molecule has 0 amide bonds. The Bertz CT molecular complexity index is 931. The van der Waals surface area contributed by atoms with E-state index in [0.717, 1.165) is 22.8 Å². The van der Waals surface area contributed by atoms with E-state index in [-0.39, 0.29) is 0 Å². The Kier molecular flexibility index (Phi) is 5.61. The minimum Gasteiger partial charge on any atom is -0.497 e. The summed E-state index contributed by atoms with van der Waals surface area (Å²) in [5.41, 5.74) is 2.51. The van der Waals surface area contributed by atoms with Crippen molar-refractivity contribution in [3.8, 4) is 17.2 Å². The van der Waals surface area contributed by atoms with Crippen LogP contribution in [0.2, 0.25) is 0 Å². The molecule has 0 aliphatic heterocycles. The predicted octanol–water partition coefficient (Wildman–Crippen LogP) is 4.30. The van der Waals surface area contributed by atoms with Gasteiger partial charge in [-0.2, -0.15) is 4.98 Å². The van der Waals surface area contributed by atoms with Crippen molar-refractivity contribution in [2.24, 2.45) is 0 Å². The van der Waals surface area contributed by atoms with Gasteiger partial charge in [0.25, 0.3) is 0 Å². The topological polar surface area (TPSA) is 77.5 Å². The Morgan fingerprint density at radius 2 is 1.52 bits per heavy atom. The van der Waals surface area contributed by atoms with Gasteiger partial charge in [0.1, 0.15) is 11.6 Å². The number of aryl methyl sites for hydroxylation is 1. The summed E-state index contributed by atoms with van der Waals surface area (Å²) in [6, 6.07) is 15.1. The smallest absolute Gasteiger partial charge is 0.229 e. The van der Waals surface area contributed by atoms with Crippen LogP contribution >= 0.6 is 0 Å². The number of hydrogen-bond donors (Lipinski definition) is 2. The SMILES string of the molecule is COc1cccc(Nc2cc(C)nc(Nc3ccc(OC)c(OC)c3)n2)c1. The molecule has 0 aliphatic carbocycles. The van der Waals surface area contributed by atoms with E-state index in [1.807, 2.05) is 55.5 Å².